The van der Waals surface area contributed by atoms with E-state index in [0.29, 0.717) is 25.8 Å². The summed E-state index contributed by atoms with van der Waals surface area (Å²) in [5.41, 5.74) is 0. The van der Waals surface area contributed by atoms with Crippen molar-refractivity contribution in [1.29, 1.82) is 0 Å². The molecule has 1 saturated carbocycles. The number of carbonyl (C=O) groups excluding carboxylic acids is 2. The summed E-state index contributed by atoms with van der Waals surface area (Å²) in [5.74, 6) is 0.204. The Bertz CT molecular complexity index is 274. The third kappa shape index (κ3) is 2.43. The van der Waals surface area contributed by atoms with Crippen LogP contribution in [0.15, 0.2) is 0 Å². The Kier molecular flexibility index (Phi) is 3.59. The van der Waals surface area contributed by atoms with Gasteiger partial charge in [-0.05, 0) is 31.6 Å². The number of aliphatic hydroxyl groups is 1. The summed E-state index contributed by atoms with van der Waals surface area (Å²) in [6.07, 6.45) is 5.18. The molecule has 4 nitrogen and oxygen atoms in total. The molecule has 1 aliphatic carbocycles. The highest BCUT2D eigenvalue weighted by atomic mass is 16.3. The van der Waals surface area contributed by atoms with E-state index in [1.54, 1.807) is 0 Å². The van der Waals surface area contributed by atoms with Crippen molar-refractivity contribution >= 4 is 11.8 Å². The number of hydrogen-bond donors (Lipinski definition) is 1. The predicted octanol–water partition coefficient (Wildman–Crippen LogP) is 1.08. The first kappa shape index (κ1) is 11.6. The Labute approximate surface area is 95.6 Å². The van der Waals surface area contributed by atoms with E-state index < -0.39 is 0 Å². The number of imide groups is 1. The van der Waals surface area contributed by atoms with Crippen molar-refractivity contribution in [1.82, 2.24) is 4.90 Å². The summed E-state index contributed by atoms with van der Waals surface area (Å²) in [5, 5.41) is 9.66. The summed E-state index contributed by atoms with van der Waals surface area (Å²) in [6.45, 7) is 0.499. The minimum Gasteiger partial charge on any atom is -0.393 e. The van der Waals surface area contributed by atoms with Crippen LogP contribution in [-0.4, -0.2) is 34.5 Å². The molecule has 1 N–H and O–H groups in total. The van der Waals surface area contributed by atoms with Crippen molar-refractivity contribution in [2.45, 2.75) is 51.0 Å². The number of hydrogen-bond acceptors (Lipinski definition) is 3. The second-order valence-electron chi connectivity index (χ2n) is 4.84. The number of carbonyl (C=O) groups is 2. The second kappa shape index (κ2) is 4.95. The average Bonchev–Trinajstić information content (AvgIpc) is 2.64. The second-order valence-corrected chi connectivity index (χ2v) is 4.84. The van der Waals surface area contributed by atoms with Crippen LogP contribution in [0.4, 0.5) is 0 Å². The molecule has 0 spiro atoms. The third-order valence-electron chi connectivity index (χ3n) is 3.73. The van der Waals surface area contributed by atoms with Gasteiger partial charge in [0.15, 0.2) is 0 Å². The third-order valence-corrected chi connectivity index (χ3v) is 3.73. The van der Waals surface area contributed by atoms with Gasteiger partial charge in [0.05, 0.1) is 6.10 Å². The van der Waals surface area contributed by atoms with Gasteiger partial charge >= 0.3 is 0 Å². The highest BCUT2D eigenvalue weighted by Gasteiger charge is 2.29. The molecule has 1 heterocycles. The molecular weight excluding hydrogens is 206 g/mol. The number of nitrogens with zero attached hydrogens (tertiary/aromatic N) is 1. The highest BCUT2D eigenvalue weighted by molar-refractivity contribution is 5.97. The molecule has 90 valence electrons. The summed E-state index contributed by atoms with van der Waals surface area (Å²) in [6, 6.07) is 0. The Morgan fingerprint density at radius 3 is 2.38 bits per heavy atom. The van der Waals surface area contributed by atoms with Gasteiger partial charge in [-0.1, -0.05) is 6.42 Å². The summed E-state index contributed by atoms with van der Waals surface area (Å²) < 4.78 is 0. The quantitative estimate of drug-likeness (QED) is 0.731. The topological polar surface area (TPSA) is 57.6 Å². The lowest BCUT2D eigenvalue weighted by Crippen LogP contribution is -2.41. The fourth-order valence-electron chi connectivity index (χ4n) is 2.70. The van der Waals surface area contributed by atoms with Gasteiger partial charge in [-0.2, -0.15) is 0 Å². The van der Waals surface area contributed by atoms with E-state index in [2.05, 4.69) is 0 Å². The largest absolute Gasteiger partial charge is 0.393 e. The minimum absolute atomic E-state index is 0.0382. The van der Waals surface area contributed by atoms with Crippen molar-refractivity contribution < 1.29 is 14.7 Å². The maximum atomic E-state index is 11.5. The average molecular weight is 225 g/mol. The summed E-state index contributed by atoms with van der Waals surface area (Å²) in [4.78, 5) is 24.5. The van der Waals surface area contributed by atoms with Gasteiger partial charge < -0.3 is 5.11 Å². The number of amides is 2. The molecule has 16 heavy (non-hydrogen) atoms. The first-order valence-electron chi connectivity index (χ1n) is 6.20. The van der Waals surface area contributed by atoms with Crippen molar-refractivity contribution in [3.63, 3.8) is 0 Å². The monoisotopic (exact) mass is 225 g/mol. The first-order chi connectivity index (χ1) is 7.68. The standard InChI is InChI=1S/C12H19NO3/c14-10-4-1-3-9(10)7-8-13-11(15)5-2-6-12(13)16/h9-10,14H,1-8H2. The van der Waals surface area contributed by atoms with Crippen LogP contribution in [-0.2, 0) is 9.59 Å². The molecule has 2 aliphatic rings. The lowest BCUT2D eigenvalue weighted by molar-refractivity contribution is -0.148. The van der Waals surface area contributed by atoms with Crippen LogP contribution in [0.2, 0.25) is 0 Å². The fourth-order valence-corrected chi connectivity index (χ4v) is 2.70. The van der Waals surface area contributed by atoms with Crippen LogP contribution in [0, 0.1) is 5.92 Å². The van der Waals surface area contributed by atoms with E-state index in [1.165, 1.54) is 4.90 Å². The molecule has 4 heteroatoms. The van der Waals surface area contributed by atoms with E-state index >= 15 is 0 Å². The van der Waals surface area contributed by atoms with Crippen molar-refractivity contribution in [2.75, 3.05) is 6.54 Å². The zero-order valence-corrected chi connectivity index (χ0v) is 9.52. The molecular formula is C12H19NO3. The van der Waals surface area contributed by atoms with E-state index in [4.69, 9.17) is 0 Å². The molecule has 0 aromatic heterocycles. The Morgan fingerprint density at radius 2 is 1.81 bits per heavy atom. The van der Waals surface area contributed by atoms with Gasteiger partial charge in [0, 0.05) is 19.4 Å². The van der Waals surface area contributed by atoms with Crippen LogP contribution < -0.4 is 0 Å². The molecule has 2 atom stereocenters. The minimum atomic E-state index is -0.227. The molecule has 2 rings (SSSR count). The Hall–Kier alpha value is -0.900. The van der Waals surface area contributed by atoms with Crippen LogP contribution in [0.3, 0.4) is 0 Å². The van der Waals surface area contributed by atoms with E-state index in [1.807, 2.05) is 0 Å². The maximum absolute atomic E-state index is 11.5. The van der Waals surface area contributed by atoms with Crippen molar-refractivity contribution in [2.24, 2.45) is 5.92 Å². The summed E-state index contributed by atoms with van der Waals surface area (Å²) >= 11 is 0. The zero-order chi connectivity index (χ0) is 11.5. The SMILES string of the molecule is O=C1CCCC(=O)N1CCC1CCCC1O. The predicted molar refractivity (Wildman–Crippen MR) is 58.5 cm³/mol. The normalized spacial score (nSPS) is 31.2. The van der Waals surface area contributed by atoms with Gasteiger partial charge in [-0.25, -0.2) is 0 Å². The van der Waals surface area contributed by atoms with Crippen LogP contribution >= 0.6 is 0 Å². The van der Waals surface area contributed by atoms with Crippen LogP contribution in [0.5, 0.6) is 0 Å². The van der Waals surface area contributed by atoms with Gasteiger partial charge in [-0.15, -0.1) is 0 Å². The number of aliphatic hydroxyl groups excluding tert-OH is 1. The molecule has 2 amide bonds. The first-order valence-corrected chi connectivity index (χ1v) is 6.20. The highest BCUT2D eigenvalue weighted by Crippen LogP contribution is 2.28. The number of rotatable bonds is 3. The zero-order valence-electron chi connectivity index (χ0n) is 9.52. The molecule has 1 aliphatic heterocycles. The maximum Gasteiger partial charge on any atom is 0.229 e. The van der Waals surface area contributed by atoms with Crippen LogP contribution in [0.25, 0.3) is 0 Å². The smallest absolute Gasteiger partial charge is 0.229 e. The van der Waals surface area contributed by atoms with E-state index in [-0.39, 0.29) is 23.8 Å². The van der Waals surface area contributed by atoms with Gasteiger partial charge in [-0.3, -0.25) is 14.5 Å². The van der Waals surface area contributed by atoms with Gasteiger partial charge in [0.1, 0.15) is 0 Å². The van der Waals surface area contributed by atoms with E-state index in [9.17, 15) is 14.7 Å². The molecule has 2 unspecified atom stereocenters. The molecule has 1 saturated heterocycles. The Balaban J connectivity index is 1.84. The number of likely N-dealkylation sites (tertiary alicyclic amines) is 1. The van der Waals surface area contributed by atoms with Gasteiger partial charge in [0.25, 0.3) is 0 Å². The molecule has 0 aromatic rings. The van der Waals surface area contributed by atoms with Crippen LogP contribution in [0.1, 0.15) is 44.9 Å². The number of piperidine rings is 1. The van der Waals surface area contributed by atoms with Gasteiger partial charge in [0.2, 0.25) is 11.8 Å². The summed E-state index contributed by atoms with van der Waals surface area (Å²) in [7, 11) is 0. The lowest BCUT2D eigenvalue weighted by Gasteiger charge is -2.26. The molecule has 0 aromatic carbocycles. The van der Waals surface area contributed by atoms with E-state index in [0.717, 1.165) is 25.7 Å². The van der Waals surface area contributed by atoms with Crippen molar-refractivity contribution in [3.05, 3.63) is 0 Å². The molecule has 0 bridgehead atoms. The Morgan fingerprint density at radius 1 is 1.12 bits per heavy atom. The molecule has 0 radical (unpaired) electrons. The fraction of sp³-hybridized carbons (Fsp3) is 0.833. The van der Waals surface area contributed by atoms with Crippen molar-refractivity contribution in [3.8, 4) is 0 Å². The molecule has 2 fully saturated rings. The lowest BCUT2D eigenvalue weighted by atomic mass is 10.0.